The Kier molecular flexibility index (Phi) is 3.86. The average molecular weight is 200 g/mol. The van der Waals surface area contributed by atoms with Crippen LogP contribution < -0.4 is 5.32 Å². The third-order valence-corrected chi connectivity index (χ3v) is 2.03. The molecule has 78 valence electrons. The third kappa shape index (κ3) is 3.43. The van der Waals surface area contributed by atoms with Crippen molar-refractivity contribution in [3.05, 3.63) is 54.9 Å². The largest absolute Gasteiger partial charge is 0.355 e. The molecule has 0 unspecified atom stereocenters. The molecule has 0 spiro atoms. The van der Waals surface area contributed by atoms with Crippen molar-refractivity contribution in [1.82, 2.24) is 0 Å². The van der Waals surface area contributed by atoms with Crippen LogP contribution in [-0.4, -0.2) is 5.71 Å². The van der Waals surface area contributed by atoms with Gasteiger partial charge in [0.2, 0.25) is 0 Å². The van der Waals surface area contributed by atoms with Crippen molar-refractivity contribution in [2.75, 3.05) is 5.32 Å². The molecule has 0 radical (unpaired) electrons. The molecule has 1 aromatic carbocycles. The van der Waals surface area contributed by atoms with Gasteiger partial charge in [0.15, 0.2) is 0 Å². The third-order valence-electron chi connectivity index (χ3n) is 2.03. The maximum Gasteiger partial charge on any atom is 0.0600 e. The molecule has 2 nitrogen and oxygen atoms in total. The molecular weight excluding hydrogens is 184 g/mol. The van der Waals surface area contributed by atoms with Gasteiger partial charge in [-0.2, -0.15) is 0 Å². The molecule has 1 aromatic rings. The molecule has 0 heterocycles. The Hall–Kier alpha value is -1.83. The molecule has 0 atom stereocenters. The molecule has 1 rings (SSSR count). The van der Waals surface area contributed by atoms with E-state index in [-0.39, 0.29) is 0 Å². The van der Waals surface area contributed by atoms with E-state index in [2.05, 4.69) is 42.5 Å². The Morgan fingerprint density at radius 2 is 2.20 bits per heavy atom. The summed E-state index contributed by atoms with van der Waals surface area (Å²) in [6.45, 7) is 11.4. The van der Waals surface area contributed by atoms with E-state index < -0.39 is 0 Å². The number of nitrogens with one attached hydrogen (secondary N) is 1. The predicted octanol–water partition coefficient (Wildman–Crippen LogP) is 3.53. The Bertz CT molecular complexity index is 403. The number of nitrogens with zero attached hydrogens (tertiary/aromatic N) is 1. The van der Waals surface area contributed by atoms with Crippen molar-refractivity contribution in [1.29, 1.82) is 0 Å². The van der Waals surface area contributed by atoms with Crippen LogP contribution in [0.5, 0.6) is 0 Å². The highest BCUT2D eigenvalue weighted by Crippen LogP contribution is 2.12. The zero-order valence-electron chi connectivity index (χ0n) is 9.25. The van der Waals surface area contributed by atoms with Crippen molar-refractivity contribution in [3.63, 3.8) is 0 Å². The molecule has 2 heteroatoms. The van der Waals surface area contributed by atoms with Crippen LogP contribution in [0.4, 0.5) is 5.69 Å². The minimum absolute atomic E-state index is 0.792. The van der Waals surface area contributed by atoms with Crippen molar-refractivity contribution in [3.8, 4) is 0 Å². The highest BCUT2D eigenvalue weighted by atomic mass is 14.9. The fourth-order valence-electron chi connectivity index (χ4n) is 1.20. The van der Waals surface area contributed by atoms with Gasteiger partial charge in [0.05, 0.1) is 11.4 Å². The minimum atomic E-state index is 0.792. The standard InChI is InChI=1S/C13H16N2/c1-5-14-11(3)12(4)15-13-8-6-7-10(2)9-13/h5-9,15H,1,4H2,2-3H3. The van der Waals surface area contributed by atoms with E-state index >= 15 is 0 Å². The van der Waals surface area contributed by atoms with Crippen LogP contribution in [0.15, 0.2) is 54.3 Å². The topological polar surface area (TPSA) is 24.4 Å². The van der Waals surface area contributed by atoms with Gasteiger partial charge in [0.1, 0.15) is 0 Å². The van der Waals surface area contributed by atoms with Crippen LogP contribution in [0, 0.1) is 6.92 Å². The van der Waals surface area contributed by atoms with E-state index in [1.54, 1.807) is 0 Å². The van der Waals surface area contributed by atoms with Crippen LogP contribution in [-0.2, 0) is 0 Å². The number of aliphatic imine (C=N–C) groups is 1. The first-order valence-electron chi connectivity index (χ1n) is 4.81. The van der Waals surface area contributed by atoms with Gasteiger partial charge in [-0.15, -0.1) is 0 Å². The quantitative estimate of drug-likeness (QED) is 0.739. The fourth-order valence-corrected chi connectivity index (χ4v) is 1.20. The molecule has 0 aliphatic heterocycles. The van der Waals surface area contributed by atoms with E-state index in [0.717, 1.165) is 17.1 Å². The maximum atomic E-state index is 4.06. The van der Waals surface area contributed by atoms with Crippen molar-refractivity contribution < 1.29 is 0 Å². The number of anilines is 1. The van der Waals surface area contributed by atoms with Crippen molar-refractivity contribution >= 4 is 11.4 Å². The molecule has 0 saturated carbocycles. The molecular formula is C13H16N2. The van der Waals surface area contributed by atoms with Gasteiger partial charge < -0.3 is 5.32 Å². The Morgan fingerprint density at radius 3 is 2.80 bits per heavy atom. The summed E-state index contributed by atoms with van der Waals surface area (Å²) < 4.78 is 0. The summed E-state index contributed by atoms with van der Waals surface area (Å²) >= 11 is 0. The molecule has 15 heavy (non-hydrogen) atoms. The Morgan fingerprint density at radius 1 is 1.47 bits per heavy atom. The smallest absolute Gasteiger partial charge is 0.0600 e. The zero-order valence-corrected chi connectivity index (χ0v) is 9.25. The van der Waals surface area contributed by atoms with Gasteiger partial charge in [-0.05, 0) is 31.5 Å². The van der Waals surface area contributed by atoms with E-state index in [0.29, 0.717) is 0 Å². The number of allylic oxidation sites excluding steroid dienone is 1. The van der Waals surface area contributed by atoms with Crippen LogP contribution in [0.2, 0.25) is 0 Å². The second-order valence-electron chi connectivity index (χ2n) is 3.37. The van der Waals surface area contributed by atoms with Crippen molar-refractivity contribution in [2.45, 2.75) is 13.8 Å². The van der Waals surface area contributed by atoms with Crippen LogP contribution in [0.25, 0.3) is 0 Å². The molecule has 0 bridgehead atoms. The normalized spacial score (nSPS) is 10.9. The summed E-state index contributed by atoms with van der Waals surface area (Å²) in [4.78, 5) is 4.06. The van der Waals surface area contributed by atoms with Gasteiger partial charge in [-0.25, -0.2) is 0 Å². The van der Waals surface area contributed by atoms with Crippen LogP contribution in [0.1, 0.15) is 12.5 Å². The van der Waals surface area contributed by atoms with E-state index in [1.807, 2.05) is 19.1 Å². The van der Waals surface area contributed by atoms with E-state index in [9.17, 15) is 0 Å². The second-order valence-corrected chi connectivity index (χ2v) is 3.37. The number of rotatable bonds is 4. The summed E-state index contributed by atoms with van der Waals surface area (Å²) in [5.41, 5.74) is 3.87. The van der Waals surface area contributed by atoms with Gasteiger partial charge >= 0.3 is 0 Å². The molecule has 0 aliphatic carbocycles. The van der Waals surface area contributed by atoms with Gasteiger partial charge in [-0.3, -0.25) is 4.99 Å². The lowest BCUT2D eigenvalue weighted by Crippen LogP contribution is -2.06. The lowest BCUT2D eigenvalue weighted by atomic mass is 10.2. The minimum Gasteiger partial charge on any atom is -0.355 e. The molecule has 0 amide bonds. The summed E-state index contributed by atoms with van der Waals surface area (Å²) in [6, 6.07) is 8.12. The Labute approximate surface area is 91.1 Å². The van der Waals surface area contributed by atoms with E-state index in [4.69, 9.17) is 0 Å². The van der Waals surface area contributed by atoms with Crippen LogP contribution in [0.3, 0.4) is 0 Å². The molecule has 1 N–H and O–H groups in total. The molecule has 0 fully saturated rings. The van der Waals surface area contributed by atoms with E-state index in [1.165, 1.54) is 11.8 Å². The monoisotopic (exact) mass is 200 g/mol. The molecule has 0 saturated heterocycles. The maximum absolute atomic E-state index is 4.06. The number of aryl methyl sites for hydroxylation is 1. The average Bonchev–Trinajstić information content (AvgIpc) is 2.18. The van der Waals surface area contributed by atoms with Crippen molar-refractivity contribution in [2.24, 2.45) is 4.99 Å². The number of hydrogen-bond acceptors (Lipinski definition) is 2. The molecule has 0 aromatic heterocycles. The summed E-state index contributed by atoms with van der Waals surface area (Å²) in [5, 5.41) is 3.19. The first kappa shape index (κ1) is 11.2. The zero-order chi connectivity index (χ0) is 11.3. The summed E-state index contributed by atoms with van der Waals surface area (Å²) in [5.74, 6) is 0. The van der Waals surface area contributed by atoms with Gasteiger partial charge in [0.25, 0.3) is 0 Å². The van der Waals surface area contributed by atoms with Gasteiger partial charge in [-0.1, -0.05) is 25.3 Å². The first-order valence-corrected chi connectivity index (χ1v) is 4.81. The SMILES string of the molecule is C=CN=C(C)C(=C)Nc1cccc(C)c1. The molecule has 0 aliphatic rings. The van der Waals surface area contributed by atoms with Gasteiger partial charge in [0, 0.05) is 11.9 Å². The highest BCUT2D eigenvalue weighted by Gasteiger charge is 1.98. The second kappa shape index (κ2) is 5.15. The number of benzene rings is 1. The Balaban J connectivity index is 2.74. The number of hydrogen-bond donors (Lipinski definition) is 1. The predicted molar refractivity (Wildman–Crippen MR) is 67.2 cm³/mol. The summed E-state index contributed by atoms with van der Waals surface area (Å²) in [7, 11) is 0. The van der Waals surface area contributed by atoms with Crippen LogP contribution >= 0.6 is 0 Å². The summed E-state index contributed by atoms with van der Waals surface area (Å²) in [6.07, 6.45) is 1.51. The fraction of sp³-hybridized carbons (Fsp3) is 0.154. The lowest BCUT2D eigenvalue weighted by Gasteiger charge is -2.09. The highest BCUT2D eigenvalue weighted by molar-refractivity contribution is 6.00. The first-order chi connectivity index (χ1) is 7.13. The lowest BCUT2D eigenvalue weighted by molar-refractivity contribution is 1.42.